The Bertz CT molecular complexity index is 403. The Balaban J connectivity index is 2.25. The van der Waals surface area contributed by atoms with E-state index in [1.54, 1.807) is 11.3 Å². The van der Waals surface area contributed by atoms with Crippen molar-refractivity contribution < 1.29 is 0 Å². The van der Waals surface area contributed by atoms with Gasteiger partial charge in [-0.1, -0.05) is 6.92 Å². The lowest BCUT2D eigenvalue weighted by Crippen LogP contribution is -2.03. The standard InChI is InChI=1S/C10H13N3S/c1-3-10-8(2)11-6-13(10)4-9-5-14-7-12-9/h5-7H,3-4H2,1-2H3. The van der Waals surface area contributed by atoms with Crippen molar-refractivity contribution in [1.29, 1.82) is 0 Å². The highest BCUT2D eigenvalue weighted by molar-refractivity contribution is 7.07. The van der Waals surface area contributed by atoms with E-state index >= 15 is 0 Å². The van der Waals surface area contributed by atoms with Gasteiger partial charge in [-0.25, -0.2) is 9.97 Å². The van der Waals surface area contributed by atoms with Gasteiger partial charge >= 0.3 is 0 Å². The summed E-state index contributed by atoms with van der Waals surface area (Å²) in [5, 5.41) is 2.08. The Hall–Kier alpha value is -1.16. The minimum atomic E-state index is 0.841. The van der Waals surface area contributed by atoms with Gasteiger partial charge in [0.25, 0.3) is 0 Å². The van der Waals surface area contributed by atoms with E-state index in [9.17, 15) is 0 Å². The minimum Gasteiger partial charge on any atom is -0.328 e. The zero-order valence-electron chi connectivity index (χ0n) is 8.40. The Morgan fingerprint density at radius 3 is 2.93 bits per heavy atom. The van der Waals surface area contributed by atoms with Gasteiger partial charge in [-0.05, 0) is 13.3 Å². The molecule has 0 unspecified atom stereocenters. The molecule has 2 heterocycles. The molecule has 0 radical (unpaired) electrons. The Kier molecular flexibility index (Phi) is 2.63. The Labute approximate surface area is 87.4 Å². The van der Waals surface area contributed by atoms with Gasteiger partial charge in [-0.2, -0.15) is 0 Å². The molecule has 0 saturated heterocycles. The number of nitrogens with zero attached hydrogens (tertiary/aromatic N) is 3. The summed E-state index contributed by atoms with van der Waals surface area (Å²) < 4.78 is 2.17. The van der Waals surface area contributed by atoms with Crippen LogP contribution in [0.15, 0.2) is 17.2 Å². The second-order valence-electron chi connectivity index (χ2n) is 3.24. The third-order valence-electron chi connectivity index (χ3n) is 2.31. The average molecular weight is 207 g/mol. The number of aromatic nitrogens is 3. The maximum atomic E-state index is 4.31. The molecule has 0 fully saturated rings. The van der Waals surface area contributed by atoms with E-state index in [4.69, 9.17) is 0 Å². The van der Waals surface area contributed by atoms with Gasteiger partial charge < -0.3 is 4.57 Å². The molecule has 2 rings (SSSR count). The van der Waals surface area contributed by atoms with Crippen LogP contribution in [0.5, 0.6) is 0 Å². The first kappa shape index (κ1) is 9.40. The van der Waals surface area contributed by atoms with Gasteiger partial charge in [0.2, 0.25) is 0 Å². The Morgan fingerprint density at radius 2 is 2.29 bits per heavy atom. The van der Waals surface area contributed by atoms with Gasteiger partial charge in [0.05, 0.1) is 29.8 Å². The predicted octanol–water partition coefficient (Wildman–Crippen LogP) is 2.26. The molecule has 0 aliphatic carbocycles. The molecule has 0 aromatic carbocycles. The van der Waals surface area contributed by atoms with Gasteiger partial charge in [0.15, 0.2) is 0 Å². The van der Waals surface area contributed by atoms with Crippen LogP contribution in [0.25, 0.3) is 0 Å². The molecule has 0 atom stereocenters. The summed E-state index contributed by atoms with van der Waals surface area (Å²) >= 11 is 1.63. The topological polar surface area (TPSA) is 30.7 Å². The second kappa shape index (κ2) is 3.92. The first-order valence-electron chi connectivity index (χ1n) is 4.69. The van der Waals surface area contributed by atoms with Crippen molar-refractivity contribution in [2.24, 2.45) is 0 Å². The van der Waals surface area contributed by atoms with E-state index in [0.717, 1.165) is 24.4 Å². The first-order valence-corrected chi connectivity index (χ1v) is 5.63. The molecule has 2 aromatic rings. The van der Waals surface area contributed by atoms with Crippen molar-refractivity contribution in [3.05, 3.63) is 34.3 Å². The van der Waals surface area contributed by atoms with Crippen LogP contribution in [0.3, 0.4) is 0 Å². The molecule has 3 nitrogen and oxygen atoms in total. The summed E-state index contributed by atoms with van der Waals surface area (Å²) in [4.78, 5) is 8.57. The molecule has 74 valence electrons. The fraction of sp³-hybridized carbons (Fsp3) is 0.400. The van der Waals surface area contributed by atoms with E-state index in [-0.39, 0.29) is 0 Å². The number of thiazole rings is 1. The molecule has 0 bridgehead atoms. The largest absolute Gasteiger partial charge is 0.328 e. The summed E-state index contributed by atoms with van der Waals surface area (Å²) in [5.41, 5.74) is 5.41. The van der Waals surface area contributed by atoms with E-state index in [1.807, 2.05) is 11.8 Å². The lowest BCUT2D eigenvalue weighted by atomic mass is 10.3. The molecule has 0 amide bonds. The average Bonchev–Trinajstić information content (AvgIpc) is 2.77. The smallest absolute Gasteiger partial charge is 0.0955 e. The monoisotopic (exact) mass is 207 g/mol. The minimum absolute atomic E-state index is 0.841. The van der Waals surface area contributed by atoms with E-state index in [2.05, 4.69) is 33.8 Å². The summed E-state index contributed by atoms with van der Waals surface area (Å²) in [7, 11) is 0. The molecular formula is C10H13N3S. The molecule has 0 aliphatic heterocycles. The molecule has 0 N–H and O–H groups in total. The summed E-state index contributed by atoms with van der Waals surface area (Å²) in [6.07, 6.45) is 2.92. The van der Waals surface area contributed by atoms with Crippen molar-refractivity contribution in [1.82, 2.24) is 14.5 Å². The van der Waals surface area contributed by atoms with Gasteiger partial charge in [-0.15, -0.1) is 11.3 Å². The van der Waals surface area contributed by atoms with Crippen molar-refractivity contribution >= 4 is 11.3 Å². The van der Waals surface area contributed by atoms with Crippen LogP contribution < -0.4 is 0 Å². The van der Waals surface area contributed by atoms with E-state index in [1.165, 1.54) is 5.69 Å². The molecule has 4 heteroatoms. The lowest BCUT2D eigenvalue weighted by Gasteiger charge is -2.04. The van der Waals surface area contributed by atoms with Crippen LogP contribution in [0, 0.1) is 6.92 Å². The molecule has 2 aromatic heterocycles. The fourth-order valence-electron chi connectivity index (χ4n) is 1.59. The predicted molar refractivity (Wildman–Crippen MR) is 57.6 cm³/mol. The highest BCUT2D eigenvalue weighted by atomic mass is 32.1. The van der Waals surface area contributed by atoms with Crippen LogP contribution in [-0.2, 0) is 13.0 Å². The van der Waals surface area contributed by atoms with E-state index < -0.39 is 0 Å². The maximum Gasteiger partial charge on any atom is 0.0955 e. The van der Waals surface area contributed by atoms with Gasteiger partial charge in [0, 0.05) is 11.1 Å². The molecule has 0 aliphatic rings. The van der Waals surface area contributed by atoms with Crippen LogP contribution in [0.4, 0.5) is 0 Å². The van der Waals surface area contributed by atoms with Crippen molar-refractivity contribution in [2.75, 3.05) is 0 Å². The zero-order valence-corrected chi connectivity index (χ0v) is 9.21. The van der Waals surface area contributed by atoms with Crippen LogP contribution in [0.1, 0.15) is 24.0 Å². The third-order valence-corrected chi connectivity index (χ3v) is 2.94. The number of rotatable bonds is 3. The lowest BCUT2D eigenvalue weighted by molar-refractivity contribution is 0.731. The third kappa shape index (κ3) is 1.70. The summed E-state index contributed by atoms with van der Waals surface area (Å²) in [6.45, 7) is 5.05. The maximum absolute atomic E-state index is 4.31. The number of imidazole rings is 1. The molecule has 14 heavy (non-hydrogen) atoms. The normalized spacial score (nSPS) is 10.7. The SMILES string of the molecule is CCc1c(C)ncn1Cc1cscn1. The number of aryl methyl sites for hydroxylation is 1. The number of hydrogen-bond donors (Lipinski definition) is 0. The highest BCUT2D eigenvalue weighted by Crippen LogP contribution is 2.10. The molecular weight excluding hydrogens is 194 g/mol. The fourth-order valence-corrected chi connectivity index (χ4v) is 2.14. The van der Waals surface area contributed by atoms with Crippen LogP contribution in [0.2, 0.25) is 0 Å². The first-order chi connectivity index (χ1) is 6.81. The van der Waals surface area contributed by atoms with Crippen LogP contribution in [-0.4, -0.2) is 14.5 Å². The highest BCUT2D eigenvalue weighted by Gasteiger charge is 2.05. The van der Waals surface area contributed by atoms with Crippen molar-refractivity contribution in [3.63, 3.8) is 0 Å². The van der Waals surface area contributed by atoms with Crippen molar-refractivity contribution in [3.8, 4) is 0 Å². The Morgan fingerprint density at radius 1 is 1.43 bits per heavy atom. The zero-order chi connectivity index (χ0) is 9.97. The summed E-state index contributed by atoms with van der Waals surface area (Å²) in [6, 6.07) is 0. The van der Waals surface area contributed by atoms with Crippen LogP contribution >= 0.6 is 11.3 Å². The van der Waals surface area contributed by atoms with Crippen molar-refractivity contribution in [2.45, 2.75) is 26.8 Å². The second-order valence-corrected chi connectivity index (χ2v) is 3.96. The number of hydrogen-bond acceptors (Lipinski definition) is 3. The van der Waals surface area contributed by atoms with Gasteiger partial charge in [0.1, 0.15) is 0 Å². The molecule has 0 saturated carbocycles. The summed E-state index contributed by atoms with van der Waals surface area (Å²) in [5.74, 6) is 0. The quantitative estimate of drug-likeness (QED) is 0.773. The molecule has 0 spiro atoms. The van der Waals surface area contributed by atoms with E-state index in [0.29, 0.717) is 0 Å². The van der Waals surface area contributed by atoms with Gasteiger partial charge in [-0.3, -0.25) is 0 Å².